The number of rotatable bonds is 0. The topological polar surface area (TPSA) is 69.9 Å². The third-order valence-corrected chi connectivity index (χ3v) is 2.35. The largest absolute Gasteiger partial charge is 0.388 e. The molecule has 0 bridgehead atoms. The molecule has 0 aromatic heterocycles. The predicted octanol–water partition coefficient (Wildman–Crippen LogP) is -0.486. The van der Waals surface area contributed by atoms with Crippen molar-refractivity contribution in [1.82, 2.24) is 0 Å². The van der Waals surface area contributed by atoms with Crippen LogP contribution in [-0.4, -0.2) is 46.3 Å². The smallest absolute Gasteiger partial charge is 0.111 e. The summed E-state index contributed by atoms with van der Waals surface area (Å²) < 4.78 is 5.28. The van der Waals surface area contributed by atoms with Crippen LogP contribution >= 0.6 is 0 Å². The van der Waals surface area contributed by atoms with Gasteiger partial charge in [-0.25, -0.2) is 0 Å². The molecule has 0 saturated carbocycles. The highest BCUT2D eigenvalue weighted by Crippen LogP contribution is 2.30. The third-order valence-electron chi connectivity index (χ3n) is 2.35. The molecule has 1 heterocycles. The summed E-state index contributed by atoms with van der Waals surface area (Å²) in [6.07, 6.45) is -3.51. The maximum absolute atomic E-state index is 9.61. The Labute approximate surface area is 78.1 Å². The first-order valence-corrected chi connectivity index (χ1v) is 4.50. The Morgan fingerprint density at radius 2 is 1.62 bits per heavy atom. The Kier molecular flexibility index (Phi) is 2.97. The lowest BCUT2D eigenvalue weighted by atomic mass is 9.81. The van der Waals surface area contributed by atoms with E-state index < -0.39 is 24.4 Å². The van der Waals surface area contributed by atoms with E-state index in [4.69, 9.17) is 4.74 Å². The molecule has 13 heavy (non-hydrogen) atoms. The van der Waals surface area contributed by atoms with Gasteiger partial charge in [-0.3, -0.25) is 0 Å². The summed E-state index contributed by atoms with van der Waals surface area (Å²) in [4.78, 5) is 0. The lowest BCUT2D eigenvalue weighted by molar-refractivity contribution is -0.211. The Hall–Kier alpha value is -0.160. The molecular weight excluding hydrogens is 172 g/mol. The molecule has 1 unspecified atom stereocenters. The van der Waals surface area contributed by atoms with Gasteiger partial charge in [0.25, 0.3) is 0 Å². The van der Waals surface area contributed by atoms with Crippen molar-refractivity contribution in [1.29, 1.82) is 0 Å². The van der Waals surface area contributed by atoms with Gasteiger partial charge in [0, 0.05) is 0 Å². The van der Waals surface area contributed by atoms with Gasteiger partial charge in [-0.05, 0) is 5.41 Å². The van der Waals surface area contributed by atoms with Crippen LogP contribution in [0.3, 0.4) is 0 Å². The summed E-state index contributed by atoms with van der Waals surface area (Å²) in [5.41, 5.74) is -0.236. The van der Waals surface area contributed by atoms with Gasteiger partial charge in [0.15, 0.2) is 0 Å². The zero-order valence-corrected chi connectivity index (χ0v) is 8.27. The van der Waals surface area contributed by atoms with Gasteiger partial charge in [-0.15, -0.1) is 0 Å². The first-order chi connectivity index (χ1) is 5.84. The first kappa shape index (κ1) is 10.9. The van der Waals surface area contributed by atoms with Crippen molar-refractivity contribution in [3.8, 4) is 0 Å². The second-order valence-electron chi connectivity index (χ2n) is 4.67. The van der Waals surface area contributed by atoms with Crippen LogP contribution in [0.5, 0.6) is 0 Å². The number of aliphatic hydroxyl groups excluding tert-OH is 3. The van der Waals surface area contributed by atoms with E-state index in [1.165, 1.54) is 0 Å². The average Bonchev–Trinajstić information content (AvgIpc) is 1.98. The van der Waals surface area contributed by atoms with E-state index in [-0.39, 0.29) is 12.0 Å². The minimum absolute atomic E-state index is 0.0835. The number of hydrogen-bond acceptors (Lipinski definition) is 4. The van der Waals surface area contributed by atoms with E-state index >= 15 is 0 Å². The van der Waals surface area contributed by atoms with Crippen molar-refractivity contribution in [3.63, 3.8) is 0 Å². The molecule has 4 heteroatoms. The standard InChI is InChI=1S/C9H18O4/c1-9(2,3)8-7(12)6(11)5(10)4-13-8/h5-8,10-12H,4H2,1-3H3/t5-,6+,7?,8-/m1/s1. The van der Waals surface area contributed by atoms with Crippen LogP contribution in [0.2, 0.25) is 0 Å². The average molecular weight is 190 g/mol. The van der Waals surface area contributed by atoms with Crippen LogP contribution in [0.15, 0.2) is 0 Å². The van der Waals surface area contributed by atoms with Gasteiger partial charge >= 0.3 is 0 Å². The molecular formula is C9H18O4. The molecule has 78 valence electrons. The molecule has 0 aliphatic carbocycles. The Balaban J connectivity index is 2.70. The quantitative estimate of drug-likeness (QED) is 0.482. The third kappa shape index (κ3) is 2.20. The summed E-state index contributed by atoms with van der Waals surface area (Å²) in [6.45, 7) is 5.85. The van der Waals surface area contributed by atoms with Gasteiger partial charge in [-0.1, -0.05) is 20.8 Å². The van der Waals surface area contributed by atoms with Crippen molar-refractivity contribution in [3.05, 3.63) is 0 Å². The zero-order valence-electron chi connectivity index (χ0n) is 8.27. The molecule has 1 aliphatic rings. The molecule has 4 nitrogen and oxygen atoms in total. The van der Waals surface area contributed by atoms with E-state index in [0.717, 1.165) is 0 Å². The highest BCUT2D eigenvalue weighted by molar-refractivity contribution is 4.92. The summed E-state index contributed by atoms with van der Waals surface area (Å²) in [5.74, 6) is 0. The van der Waals surface area contributed by atoms with E-state index in [1.807, 2.05) is 20.8 Å². The molecule has 1 saturated heterocycles. The maximum Gasteiger partial charge on any atom is 0.111 e. The summed E-state index contributed by atoms with van der Waals surface area (Å²) in [6, 6.07) is 0. The summed E-state index contributed by atoms with van der Waals surface area (Å²) in [7, 11) is 0. The van der Waals surface area contributed by atoms with E-state index in [2.05, 4.69) is 0 Å². The van der Waals surface area contributed by atoms with Crippen LogP contribution in [0, 0.1) is 5.41 Å². The van der Waals surface area contributed by atoms with E-state index in [1.54, 1.807) is 0 Å². The fraction of sp³-hybridized carbons (Fsp3) is 1.00. The number of ether oxygens (including phenoxy) is 1. The summed E-state index contributed by atoms with van der Waals surface area (Å²) in [5, 5.41) is 28.2. The minimum Gasteiger partial charge on any atom is -0.388 e. The Morgan fingerprint density at radius 1 is 1.08 bits per heavy atom. The van der Waals surface area contributed by atoms with Crippen molar-refractivity contribution < 1.29 is 20.1 Å². The lowest BCUT2D eigenvalue weighted by Crippen LogP contribution is -2.56. The molecule has 0 aromatic carbocycles. The predicted molar refractivity (Wildman–Crippen MR) is 47.2 cm³/mol. The second-order valence-corrected chi connectivity index (χ2v) is 4.67. The van der Waals surface area contributed by atoms with Crippen molar-refractivity contribution in [2.24, 2.45) is 5.41 Å². The lowest BCUT2D eigenvalue weighted by Gasteiger charge is -2.41. The van der Waals surface area contributed by atoms with Gasteiger partial charge in [0.1, 0.15) is 18.3 Å². The van der Waals surface area contributed by atoms with Crippen LogP contribution in [0.25, 0.3) is 0 Å². The molecule has 0 amide bonds. The first-order valence-electron chi connectivity index (χ1n) is 4.50. The van der Waals surface area contributed by atoms with Crippen LogP contribution in [0.4, 0.5) is 0 Å². The van der Waals surface area contributed by atoms with Crippen molar-refractivity contribution in [2.75, 3.05) is 6.61 Å². The van der Waals surface area contributed by atoms with Gasteiger partial charge < -0.3 is 20.1 Å². The molecule has 1 fully saturated rings. The van der Waals surface area contributed by atoms with E-state index in [0.29, 0.717) is 0 Å². The summed E-state index contributed by atoms with van der Waals surface area (Å²) >= 11 is 0. The zero-order chi connectivity index (χ0) is 10.2. The number of hydrogen-bond donors (Lipinski definition) is 3. The normalized spacial score (nSPS) is 42.0. The molecule has 1 aliphatic heterocycles. The van der Waals surface area contributed by atoms with Crippen molar-refractivity contribution >= 4 is 0 Å². The Bertz CT molecular complexity index is 175. The molecule has 1 rings (SSSR count). The van der Waals surface area contributed by atoms with Gasteiger partial charge in [0.2, 0.25) is 0 Å². The molecule has 0 radical (unpaired) electrons. The molecule has 3 N–H and O–H groups in total. The van der Waals surface area contributed by atoms with E-state index in [9.17, 15) is 15.3 Å². The molecule has 0 spiro atoms. The van der Waals surface area contributed by atoms with Crippen LogP contribution in [0.1, 0.15) is 20.8 Å². The van der Waals surface area contributed by atoms with Crippen LogP contribution < -0.4 is 0 Å². The molecule has 4 atom stereocenters. The maximum atomic E-state index is 9.61. The fourth-order valence-electron chi connectivity index (χ4n) is 1.57. The Morgan fingerprint density at radius 3 is 2.08 bits per heavy atom. The molecule has 0 aromatic rings. The van der Waals surface area contributed by atoms with Crippen molar-refractivity contribution in [2.45, 2.75) is 45.2 Å². The highest BCUT2D eigenvalue weighted by atomic mass is 16.5. The van der Waals surface area contributed by atoms with Gasteiger partial charge in [0.05, 0.1) is 12.7 Å². The van der Waals surface area contributed by atoms with Gasteiger partial charge in [-0.2, -0.15) is 0 Å². The van der Waals surface area contributed by atoms with Crippen LogP contribution in [-0.2, 0) is 4.74 Å². The number of aliphatic hydroxyl groups is 3. The fourth-order valence-corrected chi connectivity index (χ4v) is 1.57. The second kappa shape index (κ2) is 3.53. The SMILES string of the molecule is CC(C)(C)[C@@H]1OC[C@@H](O)[C@H](O)C1O. The monoisotopic (exact) mass is 190 g/mol. The minimum atomic E-state index is -1.10. The highest BCUT2D eigenvalue weighted by Gasteiger charge is 2.42.